The molecular formula is C20H16IN3O3S. The molecule has 28 heavy (non-hydrogen) atoms. The average Bonchev–Trinajstić information content (AvgIpc) is 3.19. The van der Waals surface area contributed by atoms with E-state index in [1.54, 1.807) is 48.5 Å². The zero-order valence-electron chi connectivity index (χ0n) is 14.8. The number of thiocarbonyl (C=S) groups is 1. The normalized spacial score (nSPS) is 10.2. The number of halogens is 1. The van der Waals surface area contributed by atoms with Gasteiger partial charge in [-0.2, -0.15) is 0 Å². The third-order valence-corrected chi connectivity index (χ3v) is 5.15. The number of carbonyl (C=O) groups excluding carboxylic acids is 2. The molecule has 3 rings (SSSR count). The van der Waals surface area contributed by atoms with Crippen LogP contribution >= 0.6 is 34.8 Å². The molecule has 0 saturated heterocycles. The quantitative estimate of drug-likeness (QED) is 0.358. The van der Waals surface area contributed by atoms with Crippen molar-refractivity contribution in [1.82, 2.24) is 5.32 Å². The average molecular weight is 505 g/mol. The molecule has 0 spiro atoms. The van der Waals surface area contributed by atoms with Crippen LogP contribution in [0, 0.1) is 10.5 Å². The van der Waals surface area contributed by atoms with E-state index < -0.39 is 0 Å². The molecule has 8 heteroatoms. The summed E-state index contributed by atoms with van der Waals surface area (Å²) in [5.41, 5.74) is 2.82. The van der Waals surface area contributed by atoms with Crippen LogP contribution in [0.2, 0.25) is 0 Å². The minimum atomic E-state index is -0.355. The van der Waals surface area contributed by atoms with E-state index >= 15 is 0 Å². The number of furan rings is 1. The largest absolute Gasteiger partial charge is 0.459 e. The van der Waals surface area contributed by atoms with Gasteiger partial charge in [-0.15, -0.1) is 0 Å². The Kier molecular flexibility index (Phi) is 6.42. The van der Waals surface area contributed by atoms with Gasteiger partial charge in [-0.05, 0) is 89.8 Å². The highest BCUT2D eigenvalue weighted by atomic mass is 127. The Morgan fingerprint density at radius 3 is 2.39 bits per heavy atom. The number of hydrogen-bond donors (Lipinski definition) is 3. The van der Waals surface area contributed by atoms with Crippen LogP contribution in [0.15, 0.2) is 65.3 Å². The number of aryl methyl sites for hydroxylation is 1. The van der Waals surface area contributed by atoms with Gasteiger partial charge in [0.05, 0.1) is 6.26 Å². The van der Waals surface area contributed by atoms with Crippen molar-refractivity contribution in [2.24, 2.45) is 0 Å². The highest BCUT2D eigenvalue weighted by molar-refractivity contribution is 14.1. The summed E-state index contributed by atoms with van der Waals surface area (Å²) >= 11 is 7.40. The zero-order valence-corrected chi connectivity index (χ0v) is 17.8. The van der Waals surface area contributed by atoms with Gasteiger partial charge >= 0.3 is 0 Å². The molecule has 0 aliphatic rings. The highest BCUT2D eigenvalue weighted by Crippen LogP contribution is 2.17. The van der Waals surface area contributed by atoms with E-state index in [0.29, 0.717) is 16.9 Å². The van der Waals surface area contributed by atoms with Crippen molar-refractivity contribution in [2.75, 3.05) is 10.6 Å². The Morgan fingerprint density at radius 1 is 0.964 bits per heavy atom. The van der Waals surface area contributed by atoms with Gasteiger partial charge in [-0.25, -0.2) is 0 Å². The lowest BCUT2D eigenvalue weighted by Crippen LogP contribution is -2.34. The van der Waals surface area contributed by atoms with Gasteiger partial charge in [-0.1, -0.05) is 12.1 Å². The maximum Gasteiger partial charge on any atom is 0.291 e. The van der Waals surface area contributed by atoms with E-state index in [2.05, 4.69) is 38.5 Å². The first-order valence-corrected chi connectivity index (χ1v) is 9.74. The van der Waals surface area contributed by atoms with Crippen LogP contribution in [0.5, 0.6) is 0 Å². The summed E-state index contributed by atoms with van der Waals surface area (Å²) in [7, 11) is 0. The molecule has 6 nitrogen and oxygen atoms in total. The van der Waals surface area contributed by atoms with Crippen molar-refractivity contribution < 1.29 is 14.0 Å². The molecule has 0 unspecified atom stereocenters. The van der Waals surface area contributed by atoms with Crippen LogP contribution in [0.25, 0.3) is 0 Å². The summed E-state index contributed by atoms with van der Waals surface area (Å²) in [6.07, 6.45) is 1.43. The summed E-state index contributed by atoms with van der Waals surface area (Å²) < 4.78 is 6.07. The van der Waals surface area contributed by atoms with Gasteiger partial charge in [0.15, 0.2) is 10.9 Å². The summed E-state index contributed by atoms with van der Waals surface area (Å²) in [5, 5.41) is 8.48. The number of rotatable bonds is 4. The molecule has 0 atom stereocenters. The SMILES string of the molecule is Cc1ccc(C(=O)NC(=S)Nc2cccc(NC(=O)c3ccco3)c2)cc1I. The second-order valence-corrected chi connectivity index (χ2v) is 7.45. The lowest BCUT2D eigenvalue weighted by atomic mass is 10.1. The van der Waals surface area contributed by atoms with E-state index in [-0.39, 0.29) is 22.7 Å². The number of anilines is 2. The van der Waals surface area contributed by atoms with E-state index in [1.807, 2.05) is 13.0 Å². The summed E-state index contributed by atoms with van der Waals surface area (Å²) in [4.78, 5) is 24.4. The van der Waals surface area contributed by atoms with Crippen molar-refractivity contribution >= 4 is 63.1 Å². The van der Waals surface area contributed by atoms with E-state index in [0.717, 1.165) is 9.13 Å². The lowest BCUT2D eigenvalue weighted by Gasteiger charge is -2.11. The van der Waals surface area contributed by atoms with Crippen LogP contribution in [0.4, 0.5) is 11.4 Å². The molecule has 0 fully saturated rings. The van der Waals surface area contributed by atoms with Gasteiger partial charge in [-0.3, -0.25) is 14.9 Å². The molecule has 2 amide bonds. The fraction of sp³-hybridized carbons (Fsp3) is 0.0500. The fourth-order valence-electron chi connectivity index (χ4n) is 2.35. The zero-order chi connectivity index (χ0) is 20.1. The Labute approximate surface area is 180 Å². The molecule has 142 valence electrons. The summed E-state index contributed by atoms with van der Waals surface area (Å²) in [5.74, 6) is -0.432. The first kappa shape index (κ1) is 20.0. The van der Waals surface area contributed by atoms with Gasteiger partial charge in [0.1, 0.15) is 0 Å². The predicted molar refractivity (Wildman–Crippen MR) is 121 cm³/mol. The third kappa shape index (κ3) is 5.17. The molecule has 0 saturated carbocycles. The van der Waals surface area contributed by atoms with Crippen molar-refractivity contribution in [3.8, 4) is 0 Å². The van der Waals surface area contributed by atoms with Crippen LogP contribution in [-0.2, 0) is 0 Å². The van der Waals surface area contributed by atoms with E-state index in [1.165, 1.54) is 6.26 Å². The van der Waals surface area contributed by atoms with Crippen LogP contribution in [-0.4, -0.2) is 16.9 Å². The Morgan fingerprint density at radius 2 is 1.71 bits per heavy atom. The number of hydrogen-bond acceptors (Lipinski definition) is 4. The van der Waals surface area contributed by atoms with Gasteiger partial charge in [0.2, 0.25) is 0 Å². The summed E-state index contributed by atoms with van der Waals surface area (Å²) in [6, 6.07) is 15.6. The van der Waals surface area contributed by atoms with Crippen molar-refractivity contribution in [3.05, 3.63) is 81.3 Å². The van der Waals surface area contributed by atoms with Crippen LogP contribution < -0.4 is 16.0 Å². The van der Waals surface area contributed by atoms with Gasteiger partial charge < -0.3 is 15.1 Å². The molecule has 0 aliphatic heterocycles. The molecule has 0 radical (unpaired) electrons. The maximum atomic E-state index is 12.3. The van der Waals surface area contributed by atoms with Gasteiger partial charge in [0.25, 0.3) is 11.8 Å². The molecule has 1 aromatic heterocycles. The molecule has 0 aliphatic carbocycles. The van der Waals surface area contributed by atoms with Gasteiger partial charge in [0, 0.05) is 20.5 Å². The van der Waals surface area contributed by atoms with Crippen molar-refractivity contribution in [2.45, 2.75) is 6.92 Å². The predicted octanol–water partition coefficient (Wildman–Crippen LogP) is 4.57. The van der Waals surface area contributed by atoms with Crippen molar-refractivity contribution in [1.29, 1.82) is 0 Å². The molecule has 0 bridgehead atoms. The molecule has 3 N–H and O–H groups in total. The summed E-state index contributed by atoms with van der Waals surface area (Å²) in [6.45, 7) is 1.98. The molecule has 1 heterocycles. The number of amides is 2. The number of nitrogens with one attached hydrogen (secondary N) is 3. The van der Waals surface area contributed by atoms with Crippen LogP contribution in [0.1, 0.15) is 26.5 Å². The first-order valence-electron chi connectivity index (χ1n) is 8.26. The fourth-order valence-corrected chi connectivity index (χ4v) is 3.07. The van der Waals surface area contributed by atoms with Crippen molar-refractivity contribution in [3.63, 3.8) is 0 Å². The smallest absolute Gasteiger partial charge is 0.291 e. The molecule has 2 aromatic carbocycles. The third-order valence-electron chi connectivity index (χ3n) is 3.78. The number of carbonyl (C=O) groups is 2. The maximum absolute atomic E-state index is 12.3. The topological polar surface area (TPSA) is 83.4 Å². The Bertz CT molecular complexity index is 1030. The minimum Gasteiger partial charge on any atom is -0.459 e. The monoisotopic (exact) mass is 505 g/mol. The standard InChI is InChI=1S/C20H16IN3O3S/c1-12-7-8-13(10-16(12)21)18(25)24-20(28)23-15-5-2-4-14(11-15)22-19(26)17-6-3-9-27-17/h2-11H,1H3,(H,22,26)(H2,23,24,25,28). The molecule has 3 aromatic rings. The Balaban J connectivity index is 1.61. The minimum absolute atomic E-state index is 0.162. The van der Waals surface area contributed by atoms with E-state index in [4.69, 9.17) is 16.6 Å². The second kappa shape index (κ2) is 8.98. The molecular weight excluding hydrogens is 489 g/mol. The lowest BCUT2D eigenvalue weighted by molar-refractivity contribution is 0.0975. The number of benzene rings is 2. The highest BCUT2D eigenvalue weighted by Gasteiger charge is 2.11. The van der Waals surface area contributed by atoms with E-state index in [9.17, 15) is 9.59 Å². The second-order valence-electron chi connectivity index (χ2n) is 5.88. The van der Waals surface area contributed by atoms with Crippen LogP contribution in [0.3, 0.4) is 0 Å². The Hall–Kier alpha value is -2.72. The first-order chi connectivity index (χ1) is 13.4.